The Kier molecular flexibility index (Phi) is 2.77. The molecular weight excluding hydrogens is 176 g/mol. The van der Waals surface area contributed by atoms with E-state index in [9.17, 15) is 4.79 Å². The molecule has 0 saturated heterocycles. The molecule has 0 aromatic rings. The lowest BCUT2D eigenvalue weighted by Gasteiger charge is -2.24. The van der Waals surface area contributed by atoms with E-state index in [0.717, 1.165) is 37.8 Å². The lowest BCUT2D eigenvalue weighted by Crippen LogP contribution is -2.38. The van der Waals surface area contributed by atoms with Crippen molar-refractivity contribution in [2.24, 2.45) is 23.5 Å². The molecule has 14 heavy (non-hydrogen) atoms. The van der Waals surface area contributed by atoms with Crippen molar-refractivity contribution in [2.45, 2.75) is 26.2 Å². The maximum atomic E-state index is 12.0. The average Bonchev–Trinajstić information content (AvgIpc) is 2.81. The molecule has 2 atom stereocenters. The van der Waals surface area contributed by atoms with E-state index in [1.807, 2.05) is 11.8 Å². The number of carbonyl (C=O) groups excluding carboxylic acids is 1. The minimum atomic E-state index is 0.324. The largest absolute Gasteiger partial charge is 0.341 e. The van der Waals surface area contributed by atoms with Crippen LogP contribution < -0.4 is 5.73 Å². The monoisotopic (exact) mass is 196 g/mol. The number of nitrogens with two attached hydrogens (primary N) is 1. The van der Waals surface area contributed by atoms with Crippen LogP contribution >= 0.6 is 0 Å². The van der Waals surface area contributed by atoms with Crippen LogP contribution in [0.5, 0.6) is 0 Å². The molecule has 0 aliphatic heterocycles. The molecular formula is C11H20N2O. The molecule has 0 radical (unpaired) electrons. The van der Waals surface area contributed by atoms with Gasteiger partial charge in [0.1, 0.15) is 0 Å². The maximum Gasteiger partial charge on any atom is 0.225 e. The van der Waals surface area contributed by atoms with Gasteiger partial charge < -0.3 is 10.6 Å². The van der Waals surface area contributed by atoms with Crippen LogP contribution in [0.4, 0.5) is 0 Å². The maximum absolute atomic E-state index is 12.0. The van der Waals surface area contributed by atoms with E-state index in [1.165, 1.54) is 6.42 Å². The van der Waals surface area contributed by atoms with Crippen molar-refractivity contribution in [1.82, 2.24) is 4.90 Å². The number of likely N-dealkylation sites (N-methyl/N-ethyl adjacent to an activating group) is 1. The zero-order valence-electron chi connectivity index (χ0n) is 8.91. The Morgan fingerprint density at radius 1 is 1.36 bits per heavy atom. The third kappa shape index (κ3) is 1.78. The quantitative estimate of drug-likeness (QED) is 0.724. The summed E-state index contributed by atoms with van der Waals surface area (Å²) in [6.07, 6.45) is 3.67. The number of amides is 1. The van der Waals surface area contributed by atoms with Crippen molar-refractivity contribution in [2.75, 3.05) is 19.6 Å². The lowest BCUT2D eigenvalue weighted by atomic mass is 10.0. The molecule has 3 heteroatoms. The first-order chi connectivity index (χ1) is 6.76. The average molecular weight is 196 g/mol. The van der Waals surface area contributed by atoms with Gasteiger partial charge in [0.2, 0.25) is 5.91 Å². The molecule has 3 nitrogen and oxygen atoms in total. The van der Waals surface area contributed by atoms with Gasteiger partial charge in [-0.1, -0.05) is 0 Å². The third-order valence-electron chi connectivity index (χ3n) is 3.69. The van der Waals surface area contributed by atoms with Gasteiger partial charge in [0, 0.05) is 25.6 Å². The second-order valence-corrected chi connectivity index (χ2v) is 4.63. The molecule has 0 spiro atoms. The molecule has 2 rings (SSSR count). The number of nitrogens with zero attached hydrogens (tertiary/aromatic N) is 1. The van der Waals surface area contributed by atoms with E-state index in [0.29, 0.717) is 18.4 Å². The highest BCUT2D eigenvalue weighted by Gasteiger charge is 2.48. The second kappa shape index (κ2) is 3.89. The normalized spacial score (nSPS) is 34.0. The van der Waals surface area contributed by atoms with Crippen molar-refractivity contribution >= 4 is 5.91 Å². The summed E-state index contributed by atoms with van der Waals surface area (Å²) >= 11 is 0. The number of carbonyl (C=O) groups is 1. The van der Waals surface area contributed by atoms with Crippen LogP contribution in [0.3, 0.4) is 0 Å². The number of fused-ring (bicyclic) bond motifs is 1. The van der Waals surface area contributed by atoms with Gasteiger partial charge in [0.25, 0.3) is 0 Å². The predicted octanol–water partition coefficient (Wildman–Crippen LogP) is 0.840. The number of hydrogen-bond donors (Lipinski definition) is 1. The summed E-state index contributed by atoms with van der Waals surface area (Å²) in [4.78, 5) is 13.9. The van der Waals surface area contributed by atoms with Crippen LogP contribution in [0.1, 0.15) is 26.2 Å². The molecule has 1 amide bonds. The molecule has 0 aromatic carbocycles. The Morgan fingerprint density at radius 3 is 2.50 bits per heavy atom. The van der Waals surface area contributed by atoms with E-state index in [4.69, 9.17) is 5.73 Å². The van der Waals surface area contributed by atoms with Crippen LogP contribution in [0, 0.1) is 17.8 Å². The zero-order chi connectivity index (χ0) is 10.1. The molecule has 2 fully saturated rings. The Bertz CT molecular complexity index is 215. The predicted molar refractivity (Wildman–Crippen MR) is 55.6 cm³/mol. The van der Waals surface area contributed by atoms with Crippen molar-refractivity contribution in [3.63, 3.8) is 0 Å². The molecule has 2 aliphatic carbocycles. The van der Waals surface area contributed by atoms with Gasteiger partial charge >= 0.3 is 0 Å². The summed E-state index contributed by atoms with van der Waals surface area (Å²) < 4.78 is 0. The fraction of sp³-hybridized carbons (Fsp3) is 0.909. The van der Waals surface area contributed by atoms with E-state index < -0.39 is 0 Å². The fourth-order valence-corrected chi connectivity index (χ4v) is 2.75. The molecule has 2 N–H and O–H groups in total. The highest BCUT2D eigenvalue weighted by Crippen LogP contribution is 2.54. The first-order valence-corrected chi connectivity index (χ1v) is 5.75. The number of rotatable bonds is 4. The van der Waals surface area contributed by atoms with Crippen LogP contribution in [0.15, 0.2) is 0 Å². The van der Waals surface area contributed by atoms with Crippen molar-refractivity contribution in [3.8, 4) is 0 Å². The summed E-state index contributed by atoms with van der Waals surface area (Å²) in [5.74, 6) is 2.46. The van der Waals surface area contributed by atoms with Crippen molar-refractivity contribution < 1.29 is 4.79 Å². The molecule has 2 saturated carbocycles. The van der Waals surface area contributed by atoms with Gasteiger partial charge in [-0.2, -0.15) is 0 Å². The van der Waals surface area contributed by atoms with Gasteiger partial charge in [-0.15, -0.1) is 0 Å². The number of hydrogen-bond acceptors (Lipinski definition) is 2. The Hall–Kier alpha value is -0.570. The summed E-state index contributed by atoms with van der Waals surface area (Å²) in [5, 5.41) is 0. The van der Waals surface area contributed by atoms with E-state index in [-0.39, 0.29) is 0 Å². The van der Waals surface area contributed by atoms with Crippen LogP contribution in [-0.4, -0.2) is 30.4 Å². The summed E-state index contributed by atoms with van der Waals surface area (Å²) in [6.45, 7) is 4.14. The molecule has 2 unspecified atom stereocenters. The first-order valence-electron chi connectivity index (χ1n) is 5.75. The summed E-state index contributed by atoms with van der Waals surface area (Å²) in [7, 11) is 0. The standard InChI is InChI=1S/C11H20N2O/c1-2-13(4-3-12)11(14)10-6-8-5-9(8)7-10/h8-10H,2-7,12H2,1H3. The smallest absolute Gasteiger partial charge is 0.225 e. The van der Waals surface area contributed by atoms with E-state index >= 15 is 0 Å². The molecule has 0 bridgehead atoms. The summed E-state index contributed by atoms with van der Waals surface area (Å²) in [6, 6.07) is 0. The summed E-state index contributed by atoms with van der Waals surface area (Å²) in [5.41, 5.74) is 5.48. The van der Waals surface area contributed by atoms with E-state index in [2.05, 4.69) is 0 Å². The van der Waals surface area contributed by atoms with E-state index in [1.54, 1.807) is 0 Å². The Labute approximate surface area is 85.6 Å². The van der Waals surface area contributed by atoms with Crippen molar-refractivity contribution in [1.29, 1.82) is 0 Å². The van der Waals surface area contributed by atoms with Gasteiger partial charge in [-0.25, -0.2) is 0 Å². The van der Waals surface area contributed by atoms with Gasteiger partial charge in [-0.3, -0.25) is 4.79 Å². The van der Waals surface area contributed by atoms with Crippen molar-refractivity contribution in [3.05, 3.63) is 0 Å². The van der Waals surface area contributed by atoms with Gasteiger partial charge in [0.05, 0.1) is 0 Å². The van der Waals surface area contributed by atoms with Crippen LogP contribution in [-0.2, 0) is 4.79 Å². The first kappa shape index (κ1) is 9.97. The Balaban J connectivity index is 1.86. The molecule has 2 aliphatic rings. The molecule has 0 heterocycles. The minimum Gasteiger partial charge on any atom is -0.341 e. The fourth-order valence-electron chi connectivity index (χ4n) is 2.75. The highest BCUT2D eigenvalue weighted by atomic mass is 16.2. The van der Waals surface area contributed by atoms with Crippen LogP contribution in [0.25, 0.3) is 0 Å². The van der Waals surface area contributed by atoms with Gasteiger partial charge in [-0.05, 0) is 38.0 Å². The Morgan fingerprint density at radius 2 is 2.00 bits per heavy atom. The SMILES string of the molecule is CCN(CCN)C(=O)C1CC2CC2C1. The topological polar surface area (TPSA) is 46.3 Å². The third-order valence-corrected chi connectivity index (χ3v) is 3.69. The zero-order valence-corrected chi connectivity index (χ0v) is 8.91. The molecule has 80 valence electrons. The lowest BCUT2D eigenvalue weighted by molar-refractivity contribution is -0.135. The minimum absolute atomic E-state index is 0.324. The van der Waals surface area contributed by atoms with Gasteiger partial charge in [0.15, 0.2) is 0 Å². The van der Waals surface area contributed by atoms with Crippen LogP contribution in [0.2, 0.25) is 0 Å². The highest BCUT2D eigenvalue weighted by molar-refractivity contribution is 5.79. The second-order valence-electron chi connectivity index (χ2n) is 4.63. The molecule has 0 aromatic heterocycles.